The van der Waals surface area contributed by atoms with Gasteiger partial charge in [0.1, 0.15) is 6.04 Å². The number of hydrogen-bond acceptors (Lipinski definition) is 4. The summed E-state index contributed by atoms with van der Waals surface area (Å²) in [6.07, 6.45) is 5.78. The van der Waals surface area contributed by atoms with Gasteiger partial charge >= 0.3 is 0 Å². The van der Waals surface area contributed by atoms with Crippen molar-refractivity contribution in [3.05, 3.63) is 54.1 Å². The molecule has 1 saturated heterocycles. The van der Waals surface area contributed by atoms with Crippen molar-refractivity contribution in [2.45, 2.75) is 45.1 Å². The van der Waals surface area contributed by atoms with Gasteiger partial charge in [0.2, 0.25) is 11.9 Å². The fraction of sp³-hybridized carbons (Fsp3) is 0.409. The lowest BCUT2D eigenvalue weighted by Crippen LogP contribution is -2.43. The Morgan fingerprint density at radius 1 is 1.21 bits per heavy atom. The molecule has 1 fully saturated rings. The van der Waals surface area contributed by atoms with Crippen molar-refractivity contribution >= 4 is 23.2 Å². The lowest BCUT2D eigenvalue weighted by molar-refractivity contribution is -0.118. The average Bonchev–Trinajstić information content (AvgIpc) is 3.26. The van der Waals surface area contributed by atoms with E-state index < -0.39 is 17.9 Å². The van der Waals surface area contributed by atoms with Crippen molar-refractivity contribution in [3.63, 3.8) is 0 Å². The molecule has 1 atom stereocenters. The van der Waals surface area contributed by atoms with Crippen LogP contribution in [0.1, 0.15) is 49.4 Å². The second-order valence-electron chi connectivity index (χ2n) is 7.27. The van der Waals surface area contributed by atoms with Gasteiger partial charge in [0.25, 0.3) is 5.91 Å². The predicted molar refractivity (Wildman–Crippen MR) is 111 cm³/mol. The number of pyridine rings is 1. The van der Waals surface area contributed by atoms with Crippen LogP contribution in [0.3, 0.4) is 0 Å². The second kappa shape index (κ2) is 10.0. The fourth-order valence-corrected chi connectivity index (χ4v) is 3.45. The molecule has 0 saturated carbocycles. The monoisotopic (exact) mass is 398 g/mol. The van der Waals surface area contributed by atoms with Gasteiger partial charge in [0.15, 0.2) is 0 Å². The molecule has 1 aliphatic rings. The Kier molecular flexibility index (Phi) is 7.16. The molecule has 1 unspecified atom stereocenters. The Morgan fingerprint density at radius 3 is 2.72 bits per heavy atom. The summed E-state index contributed by atoms with van der Waals surface area (Å²) < 4.78 is 13.3. The van der Waals surface area contributed by atoms with E-state index in [0.717, 1.165) is 37.7 Å². The molecule has 29 heavy (non-hydrogen) atoms. The zero-order chi connectivity index (χ0) is 20.6. The quantitative estimate of drug-likeness (QED) is 0.664. The molecule has 0 radical (unpaired) electrons. The molecule has 6 nitrogen and oxygen atoms in total. The molecule has 0 aliphatic carbocycles. The molecule has 2 heterocycles. The highest BCUT2D eigenvalue weighted by atomic mass is 19.1. The highest BCUT2D eigenvalue weighted by Crippen LogP contribution is 2.23. The SMILES string of the molecule is CCCCC(NC(=O)c1ccnc(F)c1)C(=O)Nc1cccc(N2CCCC2)c1. The van der Waals surface area contributed by atoms with E-state index in [4.69, 9.17) is 0 Å². The number of carbonyl (C=O) groups is 2. The van der Waals surface area contributed by atoms with Crippen molar-refractivity contribution in [1.29, 1.82) is 0 Å². The number of nitrogens with zero attached hydrogens (tertiary/aromatic N) is 2. The van der Waals surface area contributed by atoms with Crippen molar-refractivity contribution in [1.82, 2.24) is 10.3 Å². The first-order valence-electron chi connectivity index (χ1n) is 10.1. The fourth-order valence-electron chi connectivity index (χ4n) is 3.45. The number of rotatable bonds is 8. The van der Waals surface area contributed by atoms with Crippen LogP contribution in [-0.4, -0.2) is 35.9 Å². The number of benzene rings is 1. The lowest BCUT2D eigenvalue weighted by atomic mass is 10.1. The van der Waals surface area contributed by atoms with E-state index in [1.807, 2.05) is 31.2 Å². The van der Waals surface area contributed by atoms with Crippen LogP contribution in [-0.2, 0) is 4.79 Å². The van der Waals surface area contributed by atoms with Crippen LogP contribution >= 0.6 is 0 Å². The zero-order valence-corrected chi connectivity index (χ0v) is 16.7. The molecule has 154 valence electrons. The largest absolute Gasteiger partial charge is 0.371 e. The average molecular weight is 398 g/mol. The molecule has 3 rings (SSSR count). The normalized spacial score (nSPS) is 14.5. The lowest BCUT2D eigenvalue weighted by Gasteiger charge is -2.21. The van der Waals surface area contributed by atoms with Crippen molar-refractivity contribution in [3.8, 4) is 0 Å². The first-order chi connectivity index (χ1) is 14.1. The number of carbonyl (C=O) groups excluding carboxylic acids is 2. The van der Waals surface area contributed by atoms with Gasteiger partial charge in [-0.1, -0.05) is 25.8 Å². The van der Waals surface area contributed by atoms with Gasteiger partial charge in [0.05, 0.1) is 0 Å². The van der Waals surface area contributed by atoms with E-state index in [-0.39, 0.29) is 11.5 Å². The first kappa shape index (κ1) is 20.8. The minimum Gasteiger partial charge on any atom is -0.371 e. The third-order valence-corrected chi connectivity index (χ3v) is 5.04. The first-order valence-corrected chi connectivity index (χ1v) is 10.1. The Balaban J connectivity index is 1.68. The molecular formula is C22H27FN4O2. The number of anilines is 2. The Labute approximate surface area is 170 Å². The third-order valence-electron chi connectivity index (χ3n) is 5.04. The molecule has 2 N–H and O–H groups in total. The van der Waals surface area contributed by atoms with Gasteiger partial charge in [-0.3, -0.25) is 9.59 Å². The van der Waals surface area contributed by atoms with Gasteiger partial charge < -0.3 is 15.5 Å². The maximum atomic E-state index is 13.3. The van der Waals surface area contributed by atoms with E-state index in [1.165, 1.54) is 25.1 Å². The van der Waals surface area contributed by atoms with Crippen LogP contribution in [0.4, 0.5) is 15.8 Å². The molecule has 1 aliphatic heterocycles. The van der Waals surface area contributed by atoms with Crippen molar-refractivity contribution < 1.29 is 14.0 Å². The Bertz CT molecular complexity index is 852. The summed E-state index contributed by atoms with van der Waals surface area (Å²) in [4.78, 5) is 31.1. The molecule has 2 amide bonds. The van der Waals surface area contributed by atoms with Crippen molar-refractivity contribution in [2.24, 2.45) is 0 Å². The van der Waals surface area contributed by atoms with E-state index in [1.54, 1.807) is 0 Å². The molecule has 2 aromatic rings. The topological polar surface area (TPSA) is 74.3 Å². The molecular weight excluding hydrogens is 371 g/mol. The van der Waals surface area contributed by atoms with Gasteiger partial charge in [-0.15, -0.1) is 0 Å². The number of nitrogens with one attached hydrogen (secondary N) is 2. The summed E-state index contributed by atoms with van der Waals surface area (Å²) in [6.45, 7) is 4.07. The van der Waals surface area contributed by atoms with Crippen LogP contribution in [0.15, 0.2) is 42.6 Å². The smallest absolute Gasteiger partial charge is 0.252 e. The Morgan fingerprint density at radius 2 is 2.00 bits per heavy atom. The number of halogens is 1. The minimum absolute atomic E-state index is 0.142. The maximum Gasteiger partial charge on any atom is 0.252 e. The number of unbranched alkanes of at least 4 members (excludes halogenated alkanes) is 1. The van der Waals surface area contributed by atoms with Crippen molar-refractivity contribution in [2.75, 3.05) is 23.3 Å². The maximum absolute atomic E-state index is 13.3. The van der Waals surface area contributed by atoms with Crippen LogP contribution in [0, 0.1) is 5.95 Å². The summed E-state index contributed by atoms with van der Waals surface area (Å²) in [6, 6.07) is 9.54. The summed E-state index contributed by atoms with van der Waals surface area (Å²) in [5, 5.41) is 5.65. The van der Waals surface area contributed by atoms with Crippen LogP contribution < -0.4 is 15.5 Å². The molecule has 0 bridgehead atoms. The van der Waals surface area contributed by atoms with E-state index in [2.05, 4.69) is 20.5 Å². The molecule has 1 aromatic carbocycles. The molecule has 7 heteroatoms. The highest BCUT2D eigenvalue weighted by molar-refractivity contribution is 6.01. The number of hydrogen-bond donors (Lipinski definition) is 2. The standard InChI is InChI=1S/C22H27FN4O2/c1-2-3-9-19(26-21(28)16-10-11-24-20(23)14-16)22(29)25-17-7-6-8-18(15-17)27-12-4-5-13-27/h6-8,10-11,14-15,19H,2-5,9,12-13H2,1H3,(H,25,29)(H,26,28). The van der Waals surface area contributed by atoms with E-state index in [0.29, 0.717) is 12.1 Å². The van der Waals surface area contributed by atoms with Gasteiger partial charge in [-0.25, -0.2) is 4.98 Å². The highest BCUT2D eigenvalue weighted by Gasteiger charge is 2.22. The summed E-state index contributed by atoms with van der Waals surface area (Å²) >= 11 is 0. The van der Waals surface area contributed by atoms with Gasteiger partial charge in [-0.05, 0) is 43.5 Å². The summed E-state index contributed by atoms with van der Waals surface area (Å²) in [5.41, 5.74) is 1.93. The second-order valence-corrected chi connectivity index (χ2v) is 7.27. The van der Waals surface area contributed by atoms with Gasteiger partial charge in [-0.2, -0.15) is 4.39 Å². The molecule has 0 spiro atoms. The Hall–Kier alpha value is -2.96. The number of amides is 2. The molecule has 1 aromatic heterocycles. The number of aromatic nitrogens is 1. The van der Waals surface area contributed by atoms with E-state index in [9.17, 15) is 14.0 Å². The zero-order valence-electron chi connectivity index (χ0n) is 16.7. The summed E-state index contributed by atoms with van der Waals surface area (Å²) in [7, 11) is 0. The van der Waals surface area contributed by atoms with Crippen LogP contribution in [0.5, 0.6) is 0 Å². The van der Waals surface area contributed by atoms with Crippen LogP contribution in [0.2, 0.25) is 0 Å². The van der Waals surface area contributed by atoms with Crippen LogP contribution in [0.25, 0.3) is 0 Å². The summed E-state index contributed by atoms with van der Waals surface area (Å²) in [5.74, 6) is -1.50. The van der Waals surface area contributed by atoms with Gasteiger partial charge in [0, 0.05) is 42.3 Å². The van der Waals surface area contributed by atoms with E-state index >= 15 is 0 Å². The minimum atomic E-state index is -0.731. The third kappa shape index (κ3) is 5.76. The predicted octanol–water partition coefficient (Wildman–Crippen LogP) is 3.75.